The third-order valence-electron chi connectivity index (χ3n) is 6.93. The molecule has 6 nitrogen and oxygen atoms in total. The summed E-state index contributed by atoms with van der Waals surface area (Å²) in [6.07, 6.45) is -0.0781. The van der Waals surface area contributed by atoms with E-state index in [1.165, 1.54) is 18.5 Å². The van der Waals surface area contributed by atoms with E-state index < -0.39 is 11.7 Å². The predicted molar refractivity (Wildman–Crippen MR) is 126 cm³/mol. The van der Waals surface area contributed by atoms with Gasteiger partial charge in [0, 0.05) is 19.3 Å². The van der Waals surface area contributed by atoms with Crippen molar-refractivity contribution >= 4 is 24.2 Å². The Kier molecular flexibility index (Phi) is 7.04. The van der Waals surface area contributed by atoms with Crippen molar-refractivity contribution in [1.82, 2.24) is 24.6 Å². The summed E-state index contributed by atoms with van der Waals surface area (Å²) in [6, 6.07) is 6.08. The fourth-order valence-corrected chi connectivity index (χ4v) is 5.91. The van der Waals surface area contributed by atoms with Crippen molar-refractivity contribution < 1.29 is 17.6 Å². The summed E-state index contributed by atoms with van der Waals surface area (Å²) in [7, 11) is 1.91. The molecule has 34 heavy (non-hydrogen) atoms. The number of hydrogen-bond acceptors (Lipinski definition) is 6. The SMILES string of the molecule is Cc1ncoc1-c1nnc(SCCCN2CC[C@]3(CC3c3ccccc3C(F)(F)F)C2)n1C.Cl. The number of hydrogen-bond donors (Lipinski definition) is 0. The standard InChI is InChI=1S/C23H26F3N5OS.ClH/c1-15-19(32-14-27-15)20-28-29-21(30(20)2)33-11-5-9-31-10-8-22(13-31)12-18(22)16-6-3-4-7-17(16)23(24,25)26;/h3-4,6-7,14,18H,5,8-13H2,1-2H3;1H/t18?,22-;/m0./s1. The molecular formula is C23H27ClF3N5OS. The number of oxazole rings is 1. The molecule has 1 saturated carbocycles. The van der Waals surface area contributed by atoms with Crippen molar-refractivity contribution in [3.8, 4) is 11.6 Å². The largest absolute Gasteiger partial charge is 0.440 e. The predicted octanol–water partition coefficient (Wildman–Crippen LogP) is 5.58. The smallest absolute Gasteiger partial charge is 0.416 e. The van der Waals surface area contributed by atoms with E-state index in [9.17, 15) is 13.2 Å². The van der Waals surface area contributed by atoms with E-state index in [0.29, 0.717) is 17.1 Å². The molecule has 1 aromatic carbocycles. The number of benzene rings is 1. The summed E-state index contributed by atoms with van der Waals surface area (Å²) in [5.41, 5.74) is 0.802. The zero-order valence-corrected chi connectivity index (χ0v) is 20.6. The Morgan fingerprint density at radius 1 is 1.24 bits per heavy atom. The molecule has 0 bridgehead atoms. The second kappa shape index (κ2) is 9.54. The Hall–Kier alpha value is -2.04. The molecule has 5 rings (SSSR count). The highest BCUT2D eigenvalue weighted by Gasteiger charge is 2.59. The van der Waals surface area contributed by atoms with Crippen LogP contribution in [-0.2, 0) is 13.2 Å². The van der Waals surface area contributed by atoms with Gasteiger partial charge in [-0.1, -0.05) is 30.0 Å². The van der Waals surface area contributed by atoms with Gasteiger partial charge in [0.25, 0.3) is 0 Å². The van der Waals surface area contributed by atoms with Gasteiger partial charge in [-0.3, -0.25) is 0 Å². The van der Waals surface area contributed by atoms with Gasteiger partial charge in [-0.2, -0.15) is 13.2 Å². The van der Waals surface area contributed by atoms with Crippen LogP contribution in [0.15, 0.2) is 40.2 Å². The first kappa shape index (κ1) is 25.1. The highest BCUT2D eigenvalue weighted by molar-refractivity contribution is 7.99. The molecule has 0 amide bonds. The molecule has 2 aromatic heterocycles. The van der Waals surface area contributed by atoms with Crippen LogP contribution in [0.5, 0.6) is 0 Å². The minimum atomic E-state index is -4.29. The number of thioether (sulfide) groups is 1. The molecule has 3 aromatic rings. The molecular weight excluding hydrogens is 487 g/mol. The Labute approximate surface area is 206 Å². The average molecular weight is 514 g/mol. The van der Waals surface area contributed by atoms with Gasteiger partial charge >= 0.3 is 6.18 Å². The normalized spacial score (nSPS) is 22.3. The van der Waals surface area contributed by atoms with Crippen molar-refractivity contribution in [1.29, 1.82) is 0 Å². The number of halogens is 4. The molecule has 2 aliphatic rings. The fraction of sp³-hybridized carbons (Fsp3) is 0.522. The molecule has 0 N–H and O–H groups in total. The van der Waals surface area contributed by atoms with Gasteiger partial charge in [-0.05, 0) is 62.2 Å². The fourth-order valence-electron chi connectivity index (χ4n) is 5.08. The number of aryl methyl sites for hydroxylation is 1. The molecule has 2 fully saturated rings. The molecule has 0 radical (unpaired) electrons. The Balaban J connectivity index is 0.00000274. The maximum absolute atomic E-state index is 13.4. The summed E-state index contributed by atoms with van der Waals surface area (Å²) >= 11 is 1.65. The van der Waals surface area contributed by atoms with Crippen molar-refractivity contribution in [3.05, 3.63) is 47.5 Å². The van der Waals surface area contributed by atoms with Crippen LogP contribution in [0.25, 0.3) is 11.6 Å². The third-order valence-corrected chi connectivity index (χ3v) is 8.04. The monoisotopic (exact) mass is 513 g/mol. The van der Waals surface area contributed by atoms with Crippen LogP contribution >= 0.6 is 24.2 Å². The second-order valence-electron chi connectivity index (χ2n) is 9.06. The van der Waals surface area contributed by atoms with Crippen LogP contribution in [0.4, 0.5) is 13.2 Å². The first-order valence-electron chi connectivity index (χ1n) is 11.1. The number of alkyl halides is 3. The number of rotatable bonds is 7. The highest BCUT2D eigenvalue weighted by Crippen LogP contribution is 2.65. The summed E-state index contributed by atoms with van der Waals surface area (Å²) in [5, 5.41) is 9.33. The minimum Gasteiger partial charge on any atom is -0.440 e. The molecule has 11 heteroatoms. The second-order valence-corrected chi connectivity index (χ2v) is 10.1. The van der Waals surface area contributed by atoms with Gasteiger partial charge in [0.1, 0.15) is 0 Å². The molecule has 3 heterocycles. The van der Waals surface area contributed by atoms with Crippen LogP contribution < -0.4 is 0 Å². The molecule has 1 unspecified atom stereocenters. The molecule has 1 spiro atoms. The van der Waals surface area contributed by atoms with Crippen LogP contribution in [0, 0.1) is 12.3 Å². The van der Waals surface area contributed by atoms with E-state index in [4.69, 9.17) is 4.42 Å². The molecule has 184 valence electrons. The lowest BCUT2D eigenvalue weighted by molar-refractivity contribution is -0.138. The van der Waals surface area contributed by atoms with Gasteiger partial charge in [-0.15, -0.1) is 22.6 Å². The Bertz CT molecular complexity index is 1150. The van der Waals surface area contributed by atoms with Crippen molar-refractivity contribution in [2.45, 2.75) is 43.4 Å². The lowest BCUT2D eigenvalue weighted by atomic mass is 9.95. The summed E-state index contributed by atoms with van der Waals surface area (Å²) in [6.45, 7) is 4.64. The van der Waals surface area contributed by atoms with Crippen LogP contribution in [0.2, 0.25) is 0 Å². The first-order chi connectivity index (χ1) is 15.8. The van der Waals surface area contributed by atoms with Crippen molar-refractivity contribution in [3.63, 3.8) is 0 Å². The number of likely N-dealkylation sites (tertiary alicyclic amines) is 1. The van der Waals surface area contributed by atoms with Gasteiger partial charge in [0.15, 0.2) is 17.3 Å². The lowest BCUT2D eigenvalue weighted by Gasteiger charge is -2.17. The Morgan fingerprint density at radius 2 is 2.03 bits per heavy atom. The van der Waals surface area contributed by atoms with Crippen LogP contribution in [-0.4, -0.2) is 50.0 Å². The maximum Gasteiger partial charge on any atom is 0.416 e. The Morgan fingerprint density at radius 3 is 2.76 bits per heavy atom. The lowest BCUT2D eigenvalue weighted by Crippen LogP contribution is -2.23. The molecule has 2 atom stereocenters. The van der Waals surface area contributed by atoms with E-state index >= 15 is 0 Å². The molecule has 1 aliphatic carbocycles. The van der Waals surface area contributed by atoms with Gasteiger partial charge < -0.3 is 13.9 Å². The van der Waals surface area contributed by atoms with Crippen LogP contribution in [0.3, 0.4) is 0 Å². The van der Waals surface area contributed by atoms with Gasteiger partial charge in [0.05, 0.1) is 11.3 Å². The van der Waals surface area contributed by atoms with E-state index in [2.05, 4.69) is 20.1 Å². The van der Waals surface area contributed by atoms with E-state index in [1.54, 1.807) is 23.9 Å². The maximum atomic E-state index is 13.4. The molecule has 1 saturated heterocycles. The van der Waals surface area contributed by atoms with Crippen molar-refractivity contribution in [2.24, 2.45) is 12.5 Å². The topological polar surface area (TPSA) is 60.0 Å². The average Bonchev–Trinajstić information content (AvgIpc) is 3.05. The van der Waals surface area contributed by atoms with Crippen molar-refractivity contribution in [2.75, 3.05) is 25.4 Å². The van der Waals surface area contributed by atoms with E-state index in [1.807, 2.05) is 18.5 Å². The van der Waals surface area contributed by atoms with Gasteiger partial charge in [0.2, 0.25) is 5.82 Å². The van der Waals surface area contributed by atoms with E-state index in [-0.39, 0.29) is 23.7 Å². The highest BCUT2D eigenvalue weighted by atomic mass is 35.5. The first-order valence-corrected chi connectivity index (χ1v) is 12.1. The summed E-state index contributed by atoms with van der Waals surface area (Å²) in [5.74, 6) is 2.20. The summed E-state index contributed by atoms with van der Waals surface area (Å²) < 4.78 is 47.6. The quantitative estimate of drug-likeness (QED) is 0.303. The molecule has 1 aliphatic heterocycles. The third kappa shape index (κ3) is 4.72. The minimum absolute atomic E-state index is 0. The number of nitrogens with zero attached hydrogens (tertiary/aromatic N) is 5. The number of aromatic nitrogens is 4. The zero-order chi connectivity index (χ0) is 23.2. The van der Waals surface area contributed by atoms with Gasteiger partial charge in [-0.25, -0.2) is 4.98 Å². The van der Waals surface area contributed by atoms with Crippen LogP contribution in [0.1, 0.15) is 42.0 Å². The zero-order valence-electron chi connectivity index (χ0n) is 19.0. The summed E-state index contributed by atoms with van der Waals surface area (Å²) in [4.78, 5) is 6.50. The van der Waals surface area contributed by atoms with E-state index in [0.717, 1.165) is 55.5 Å².